The summed E-state index contributed by atoms with van der Waals surface area (Å²) >= 11 is 0. The Morgan fingerprint density at radius 1 is 1.53 bits per heavy atom. The van der Waals surface area contributed by atoms with Gasteiger partial charge < -0.3 is 5.32 Å². The minimum atomic E-state index is 0.289. The van der Waals surface area contributed by atoms with Crippen LogP contribution in [0.5, 0.6) is 0 Å². The van der Waals surface area contributed by atoms with Gasteiger partial charge in [0.25, 0.3) is 0 Å². The summed E-state index contributed by atoms with van der Waals surface area (Å²) in [5.74, 6) is 0. The zero-order valence-electron chi connectivity index (χ0n) is 8.74. The highest BCUT2D eigenvalue weighted by Crippen LogP contribution is 2.47. The monoisotopic (exact) mass is 201 g/mol. The molecule has 1 fully saturated rings. The van der Waals surface area contributed by atoms with E-state index in [-0.39, 0.29) is 5.41 Å². The van der Waals surface area contributed by atoms with Crippen LogP contribution in [-0.4, -0.2) is 11.5 Å². The number of nitrogens with zero attached hydrogens (tertiary/aromatic N) is 2. The van der Waals surface area contributed by atoms with E-state index in [2.05, 4.69) is 22.4 Å². The Balaban J connectivity index is 1.74. The van der Waals surface area contributed by atoms with E-state index in [9.17, 15) is 0 Å². The van der Waals surface area contributed by atoms with E-state index in [0.717, 1.165) is 13.1 Å². The summed E-state index contributed by atoms with van der Waals surface area (Å²) in [5, 5.41) is 12.1. The Labute approximate surface area is 90.1 Å². The highest BCUT2D eigenvalue weighted by molar-refractivity contribution is 5.08. The molecule has 1 saturated carbocycles. The van der Waals surface area contributed by atoms with E-state index in [4.69, 9.17) is 5.26 Å². The first kappa shape index (κ1) is 10.1. The number of rotatable bonds is 5. The molecule has 2 rings (SSSR count). The molecule has 0 radical (unpaired) electrons. The third-order valence-corrected chi connectivity index (χ3v) is 2.96. The molecule has 1 heterocycles. The van der Waals surface area contributed by atoms with Crippen LogP contribution in [0.3, 0.4) is 0 Å². The molecule has 0 spiro atoms. The number of nitriles is 1. The average Bonchev–Trinajstić information content (AvgIpc) is 3.00. The molecule has 0 aromatic carbocycles. The summed E-state index contributed by atoms with van der Waals surface area (Å²) in [4.78, 5) is 4.06. The second-order valence-electron chi connectivity index (χ2n) is 4.30. The van der Waals surface area contributed by atoms with Crippen molar-refractivity contribution in [2.45, 2.75) is 25.8 Å². The standard InChI is InChI=1S/C12H15N3/c13-6-5-12(3-4-12)10-15-9-11-2-1-7-14-8-11/h1-2,7-8,15H,3-5,9-10H2. The van der Waals surface area contributed by atoms with Crippen molar-refractivity contribution in [2.24, 2.45) is 5.41 Å². The predicted molar refractivity (Wildman–Crippen MR) is 57.8 cm³/mol. The second-order valence-corrected chi connectivity index (χ2v) is 4.30. The lowest BCUT2D eigenvalue weighted by atomic mass is 10.0. The zero-order chi connectivity index (χ0) is 10.6. The summed E-state index contributed by atoms with van der Waals surface area (Å²) in [6, 6.07) is 6.27. The van der Waals surface area contributed by atoms with E-state index in [1.54, 1.807) is 6.20 Å². The number of aromatic nitrogens is 1. The second kappa shape index (κ2) is 4.41. The van der Waals surface area contributed by atoms with E-state index in [1.165, 1.54) is 18.4 Å². The molecule has 1 aromatic heterocycles. The fraction of sp³-hybridized carbons (Fsp3) is 0.500. The average molecular weight is 201 g/mol. The van der Waals surface area contributed by atoms with Crippen LogP contribution in [0.2, 0.25) is 0 Å². The van der Waals surface area contributed by atoms with E-state index < -0.39 is 0 Å². The Morgan fingerprint density at radius 3 is 3.00 bits per heavy atom. The minimum absolute atomic E-state index is 0.289. The maximum atomic E-state index is 8.67. The van der Waals surface area contributed by atoms with Crippen molar-refractivity contribution in [2.75, 3.05) is 6.54 Å². The Bertz CT molecular complexity index is 349. The van der Waals surface area contributed by atoms with Gasteiger partial charge in [-0.3, -0.25) is 4.98 Å². The first-order valence-electron chi connectivity index (χ1n) is 5.31. The van der Waals surface area contributed by atoms with Gasteiger partial charge in [0.2, 0.25) is 0 Å². The maximum absolute atomic E-state index is 8.67. The van der Waals surface area contributed by atoms with E-state index in [1.807, 2.05) is 12.3 Å². The van der Waals surface area contributed by atoms with E-state index in [0.29, 0.717) is 6.42 Å². The van der Waals surface area contributed by atoms with Crippen LogP contribution >= 0.6 is 0 Å². The Hall–Kier alpha value is -1.40. The van der Waals surface area contributed by atoms with Crippen LogP contribution in [0.15, 0.2) is 24.5 Å². The molecule has 0 bridgehead atoms. The summed E-state index contributed by atoms with van der Waals surface area (Å²) in [7, 11) is 0. The van der Waals surface area contributed by atoms with Crippen molar-refractivity contribution in [3.8, 4) is 6.07 Å². The molecule has 15 heavy (non-hydrogen) atoms. The lowest BCUT2D eigenvalue weighted by Gasteiger charge is -2.11. The van der Waals surface area contributed by atoms with Gasteiger partial charge in [-0.15, -0.1) is 0 Å². The van der Waals surface area contributed by atoms with Crippen LogP contribution in [0.1, 0.15) is 24.8 Å². The van der Waals surface area contributed by atoms with Gasteiger partial charge in [-0.25, -0.2) is 0 Å². The molecule has 1 aliphatic rings. The molecule has 1 aromatic rings. The quantitative estimate of drug-likeness (QED) is 0.791. The summed E-state index contributed by atoms with van der Waals surface area (Å²) in [5.41, 5.74) is 1.49. The van der Waals surface area contributed by atoms with Gasteiger partial charge in [0.15, 0.2) is 0 Å². The fourth-order valence-corrected chi connectivity index (χ4v) is 1.74. The van der Waals surface area contributed by atoms with Gasteiger partial charge in [-0.1, -0.05) is 6.07 Å². The molecule has 3 nitrogen and oxygen atoms in total. The van der Waals surface area contributed by atoms with Crippen LogP contribution in [-0.2, 0) is 6.54 Å². The van der Waals surface area contributed by atoms with Crippen LogP contribution in [0, 0.1) is 16.7 Å². The van der Waals surface area contributed by atoms with Crippen LogP contribution in [0.4, 0.5) is 0 Å². The SMILES string of the molecule is N#CCC1(CNCc2cccnc2)CC1. The lowest BCUT2D eigenvalue weighted by molar-refractivity contribution is 0.466. The van der Waals surface area contributed by atoms with Gasteiger partial charge in [0, 0.05) is 31.9 Å². The topological polar surface area (TPSA) is 48.7 Å². The highest BCUT2D eigenvalue weighted by Gasteiger charge is 2.41. The lowest BCUT2D eigenvalue weighted by Crippen LogP contribution is -2.23. The first-order chi connectivity index (χ1) is 7.35. The van der Waals surface area contributed by atoms with Crippen LogP contribution < -0.4 is 5.32 Å². The predicted octanol–water partition coefficient (Wildman–Crippen LogP) is 1.87. The Kier molecular flexibility index (Phi) is 2.98. The highest BCUT2D eigenvalue weighted by atomic mass is 14.9. The first-order valence-corrected chi connectivity index (χ1v) is 5.31. The number of nitrogens with one attached hydrogen (secondary N) is 1. The van der Waals surface area contributed by atoms with Crippen molar-refractivity contribution < 1.29 is 0 Å². The number of hydrogen-bond acceptors (Lipinski definition) is 3. The normalized spacial score (nSPS) is 17.0. The Morgan fingerprint density at radius 2 is 2.40 bits per heavy atom. The molecule has 1 N–H and O–H groups in total. The summed E-state index contributed by atoms with van der Waals surface area (Å²) < 4.78 is 0. The van der Waals surface area contributed by atoms with Crippen molar-refractivity contribution >= 4 is 0 Å². The maximum Gasteiger partial charge on any atom is 0.0628 e. The molecular formula is C12H15N3. The minimum Gasteiger partial charge on any atom is -0.312 e. The van der Waals surface area contributed by atoms with Gasteiger partial charge in [0.05, 0.1) is 6.07 Å². The largest absolute Gasteiger partial charge is 0.312 e. The van der Waals surface area contributed by atoms with Crippen molar-refractivity contribution in [3.63, 3.8) is 0 Å². The van der Waals surface area contributed by atoms with Crippen LogP contribution in [0.25, 0.3) is 0 Å². The molecule has 0 aliphatic heterocycles. The van der Waals surface area contributed by atoms with Gasteiger partial charge in [-0.2, -0.15) is 5.26 Å². The molecule has 0 unspecified atom stereocenters. The third kappa shape index (κ3) is 2.77. The van der Waals surface area contributed by atoms with Crippen molar-refractivity contribution in [1.82, 2.24) is 10.3 Å². The molecule has 0 atom stereocenters. The molecular weight excluding hydrogens is 186 g/mol. The third-order valence-electron chi connectivity index (χ3n) is 2.96. The number of pyridine rings is 1. The van der Waals surface area contributed by atoms with E-state index >= 15 is 0 Å². The zero-order valence-corrected chi connectivity index (χ0v) is 8.74. The van der Waals surface area contributed by atoms with Crippen molar-refractivity contribution in [3.05, 3.63) is 30.1 Å². The van der Waals surface area contributed by atoms with Gasteiger partial charge >= 0.3 is 0 Å². The van der Waals surface area contributed by atoms with Gasteiger partial charge in [0.1, 0.15) is 0 Å². The van der Waals surface area contributed by atoms with Crippen molar-refractivity contribution in [1.29, 1.82) is 5.26 Å². The molecule has 1 aliphatic carbocycles. The molecule has 0 saturated heterocycles. The smallest absolute Gasteiger partial charge is 0.0628 e. The molecule has 78 valence electrons. The fourth-order valence-electron chi connectivity index (χ4n) is 1.74. The summed E-state index contributed by atoms with van der Waals surface area (Å²) in [6.45, 7) is 1.80. The molecule has 3 heteroatoms. The number of hydrogen-bond donors (Lipinski definition) is 1. The summed E-state index contributed by atoms with van der Waals surface area (Å²) in [6.07, 6.45) is 6.73. The molecule has 0 amide bonds. The van der Waals surface area contributed by atoms with Gasteiger partial charge in [-0.05, 0) is 29.9 Å².